The van der Waals surface area contributed by atoms with Crippen LogP contribution in [0.3, 0.4) is 0 Å². The van der Waals surface area contributed by atoms with E-state index in [1.165, 1.54) is 0 Å². The molecule has 4 heteroatoms. The minimum absolute atomic E-state index is 0.172. The highest BCUT2D eigenvalue weighted by Crippen LogP contribution is 2.21. The summed E-state index contributed by atoms with van der Waals surface area (Å²) >= 11 is 0. The molecule has 20 heavy (non-hydrogen) atoms. The number of rotatable bonds is 2. The Hall–Kier alpha value is -2.93. The number of benzene rings is 2. The van der Waals surface area contributed by atoms with Gasteiger partial charge in [-0.1, -0.05) is 42.5 Å². The van der Waals surface area contributed by atoms with Gasteiger partial charge in [-0.15, -0.1) is 5.10 Å². The van der Waals surface area contributed by atoms with Gasteiger partial charge in [0.2, 0.25) is 0 Å². The maximum absolute atomic E-state index is 9.04. The lowest BCUT2D eigenvalue weighted by atomic mass is 10.2. The Morgan fingerprint density at radius 1 is 1.05 bits per heavy atom. The van der Waals surface area contributed by atoms with Crippen LogP contribution in [0.5, 0.6) is 0 Å². The van der Waals surface area contributed by atoms with Gasteiger partial charge in [-0.2, -0.15) is 10.2 Å². The average Bonchev–Trinajstić information content (AvgIpc) is 2.92. The fourth-order valence-corrected chi connectivity index (χ4v) is 2.07. The van der Waals surface area contributed by atoms with Crippen LogP contribution in [-0.2, 0) is 0 Å². The first-order chi connectivity index (χ1) is 9.78. The summed E-state index contributed by atoms with van der Waals surface area (Å²) in [7, 11) is 0. The highest BCUT2D eigenvalue weighted by Gasteiger charge is 2.13. The summed E-state index contributed by atoms with van der Waals surface area (Å²) in [5.74, 6) is 0.845. The Kier molecular flexibility index (Phi) is 3.02. The van der Waals surface area contributed by atoms with Crippen molar-refractivity contribution in [3.8, 4) is 23.1 Å². The molecule has 0 aliphatic carbocycles. The van der Waals surface area contributed by atoms with E-state index in [1.54, 1.807) is 4.68 Å². The van der Waals surface area contributed by atoms with Crippen LogP contribution in [0.2, 0.25) is 0 Å². The van der Waals surface area contributed by atoms with E-state index in [4.69, 9.17) is 5.26 Å². The van der Waals surface area contributed by atoms with Crippen LogP contribution in [0.1, 0.15) is 11.4 Å². The van der Waals surface area contributed by atoms with Crippen LogP contribution < -0.4 is 0 Å². The van der Waals surface area contributed by atoms with E-state index in [1.807, 2.05) is 67.6 Å². The van der Waals surface area contributed by atoms with E-state index < -0.39 is 0 Å². The fraction of sp³-hybridized carbons (Fsp3) is 0.0625. The van der Waals surface area contributed by atoms with Gasteiger partial charge in [-0.3, -0.25) is 0 Å². The fourth-order valence-electron chi connectivity index (χ4n) is 2.07. The quantitative estimate of drug-likeness (QED) is 0.711. The van der Waals surface area contributed by atoms with Gasteiger partial charge in [0, 0.05) is 5.56 Å². The predicted molar refractivity (Wildman–Crippen MR) is 76.2 cm³/mol. The predicted octanol–water partition coefficient (Wildman–Crippen LogP) is 3.11. The molecule has 0 bridgehead atoms. The molecule has 96 valence electrons. The van der Waals surface area contributed by atoms with Crippen molar-refractivity contribution in [3.63, 3.8) is 0 Å². The molecule has 0 aliphatic heterocycles. The summed E-state index contributed by atoms with van der Waals surface area (Å²) in [6, 6.07) is 19.7. The summed E-state index contributed by atoms with van der Waals surface area (Å²) in [5, 5.41) is 13.3. The lowest BCUT2D eigenvalue weighted by molar-refractivity contribution is 0.879. The van der Waals surface area contributed by atoms with E-state index >= 15 is 0 Å². The smallest absolute Gasteiger partial charge is 0.212 e. The highest BCUT2D eigenvalue weighted by molar-refractivity contribution is 5.58. The summed E-state index contributed by atoms with van der Waals surface area (Å²) in [4.78, 5) is 4.30. The third-order valence-electron chi connectivity index (χ3n) is 2.99. The van der Waals surface area contributed by atoms with Gasteiger partial charge in [0.05, 0.1) is 5.69 Å². The van der Waals surface area contributed by atoms with Gasteiger partial charge in [0.15, 0.2) is 5.82 Å². The zero-order chi connectivity index (χ0) is 13.9. The first-order valence-electron chi connectivity index (χ1n) is 6.27. The third-order valence-corrected chi connectivity index (χ3v) is 2.99. The van der Waals surface area contributed by atoms with Gasteiger partial charge < -0.3 is 0 Å². The second kappa shape index (κ2) is 4.98. The molecule has 0 aliphatic rings. The molecule has 4 nitrogen and oxygen atoms in total. The summed E-state index contributed by atoms with van der Waals surface area (Å²) < 4.78 is 1.71. The Morgan fingerprint density at radius 3 is 2.55 bits per heavy atom. The molecule has 0 saturated heterocycles. The topological polar surface area (TPSA) is 54.5 Å². The van der Waals surface area contributed by atoms with E-state index in [-0.39, 0.29) is 5.82 Å². The Morgan fingerprint density at radius 2 is 1.85 bits per heavy atom. The summed E-state index contributed by atoms with van der Waals surface area (Å²) in [6.07, 6.45) is 0. The minimum atomic E-state index is 0.172. The minimum Gasteiger partial charge on any atom is -0.212 e. The zero-order valence-electron chi connectivity index (χ0n) is 11.0. The molecule has 1 heterocycles. The van der Waals surface area contributed by atoms with Gasteiger partial charge in [0.25, 0.3) is 5.82 Å². The molecule has 0 radical (unpaired) electrons. The first-order valence-corrected chi connectivity index (χ1v) is 6.27. The highest BCUT2D eigenvalue weighted by atomic mass is 15.3. The normalized spacial score (nSPS) is 10.2. The van der Waals surface area contributed by atoms with Crippen molar-refractivity contribution in [1.29, 1.82) is 5.26 Å². The standard InChI is InChI=1S/C16H12N4/c1-12-6-5-9-14(10-12)20-16(18-15(11-17)19-20)13-7-3-2-4-8-13/h2-10H,1H3. The molecular formula is C16H12N4. The molecule has 2 aromatic carbocycles. The molecule has 3 aromatic rings. The molecule has 0 amide bonds. The van der Waals surface area contributed by atoms with Crippen molar-refractivity contribution in [2.75, 3.05) is 0 Å². The van der Waals surface area contributed by atoms with Crippen LogP contribution >= 0.6 is 0 Å². The van der Waals surface area contributed by atoms with Gasteiger partial charge >= 0.3 is 0 Å². The molecule has 0 saturated carbocycles. The van der Waals surface area contributed by atoms with Gasteiger partial charge in [-0.05, 0) is 24.6 Å². The van der Waals surface area contributed by atoms with E-state index in [0.717, 1.165) is 16.8 Å². The largest absolute Gasteiger partial charge is 0.253 e. The molecule has 0 spiro atoms. The summed E-state index contributed by atoms with van der Waals surface area (Å²) in [5.41, 5.74) is 2.97. The van der Waals surface area contributed by atoms with Crippen molar-refractivity contribution in [2.24, 2.45) is 0 Å². The molecule has 0 N–H and O–H groups in total. The second-order valence-corrected chi connectivity index (χ2v) is 4.49. The Balaban J connectivity index is 2.21. The number of nitrogens with zero attached hydrogens (tertiary/aromatic N) is 4. The SMILES string of the molecule is Cc1cccc(-n2nc(C#N)nc2-c2ccccc2)c1. The van der Waals surface area contributed by atoms with Crippen molar-refractivity contribution >= 4 is 0 Å². The monoisotopic (exact) mass is 260 g/mol. The lowest BCUT2D eigenvalue weighted by Gasteiger charge is -2.06. The van der Waals surface area contributed by atoms with Crippen molar-refractivity contribution in [1.82, 2.24) is 14.8 Å². The average molecular weight is 260 g/mol. The van der Waals surface area contributed by atoms with E-state index in [9.17, 15) is 0 Å². The summed E-state index contributed by atoms with van der Waals surface area (Å²) in [6.45, 7) is 2.02. The number of nitriles is 1. The van der Waals surface area contributed by atoms with Crippen LogP contribution in [0.25, 0.3) is 17.1 Å². The van der Waals surface area contributed by atoms with Crippen molar-refractivity contribution in [3.05, 3.63) is 66.0 Å². The van der Waals surface area contributed by atoms with Crippen molar-refractivity contribution in [2.45, 2.75) is 6.92 Å². The first kappa shape index (κ1) is 12.1. The van der Waals surface area contributed by atoms with E-state index in [0.29, 0.717) is 5.82 Å². The molecule has 0 unspecified atom stereocenters. The van der Waals surface area contributed by atoms with E-state index in [2.05, 4.69) is 10.1 Å². The second-order valence-electron chi connectivity index (χ2n) is 4.49. The number of hydrogen-bond donors (Lipinski definition) is 0. The number of aryl methyl sites for hydroxylation is 1. The Labute approximate surface area is 116 Å². The molecule has 0 fully saturated rings. The Bertz CT molecular complexity index is 782. The zero-order valence-corrected chi connectivity index (χ0v) is 11.0. The molecular weight excluding hydrogens is 248 g/mol. The maximum Gasteiger partial charge on any atom is 0.253 e. The van der Waals surface area contributed by atoms with Gasteiger partial charge in [0.1, 0.15) is 6.07 Å². The lowest BCUT2D eigenvalue weighted by Crippen LogP contribution is -1.99. The molecule has 0 atom stereocenters. The number of hydrogen-bond acceptors (Lipinski definition) is 3. The number of aromatic nitrogens is 3. The van der Waals surface area contributed by atoms with Crippen LogP contribution in [0.15, 0.2) is 54.6 Å². The molecule has 1 aromatic heterocycles. The van der Waals surface area contributed by atoms with Crippen LogP contribution in [-0.4, -0.2) is 14.8 Å². The molecule has 3 rings (SSSR count). The van der Waals surface area contributed by atoms with Crippen LogP contribution in [0, 0.1) is 18.3 Å². The third kappa shape index (κ3) is 2.17. The van der Waals surface area contributed by atoms with Crippen molar-refractivity contribution < 1.29 is 0 Å². The maximum atomic E-state index is 9.04. The van der Waals surface area contributed by atoms with Crippen LogP contribution in [0.4, 0.5) is 0 Å². The van der Waals surface area contributed by atoms with Gasteiger partial charge in [-0.25, -0.2) is 4.68 Å².